The highest BCUT2D eigenvalue weighted by Crippen LogP contribution is 2.17. The van der Waals surface area contributed by atoms with Crippen LogP contribution in [0.1, 0.15) is 43.2 Å². The normalized spacial score (nSPS) is 15.2. The number of hydrogen-bond acceptors (Lipinski definition) is 3. The molecule has 0 atom stereocenters. The number of carbonyl (C=O) groups is 2. The summed E-state index contributed by atoms with van der Waals surface area (Å²) in [4.78, 5) is 23.5. The predicted octanol–water partition coefficient (Wildman–Crippen LogP) is 2.84. The summed E-state index contributed by atoms with van der Waals surface area (Å²) >= 11 is 0. The van der Waals surface area contributed by atoms with Gasteiger partial charge in [0.05, 0.1) is 0 Å². The van der Waals surface area contributed by atoms with Crippen LogP contribution in [-0.4, -0.2) is 24.6 Å². The van der Waals surface area contributed by atoms with Gasteiger partial charge in [0, 0.05) is 6.04 Å². The first kappa shape index (κ1) is 16.3. The lowest BCUT2D eigenvalue weighted by Gasteiger charge is -2.22. The lowest BCUT2D eigenvalue weighted by molar-refractivity contribution is -0.122. The van der Waals surface area contributed by atoms with Gasteiger partial charge >= 0.3 is 6.03 Å². The average Bonchev–Trinajstić information content (AvgIpc) is 2.49. The van der Waals surface area contributed by atoms with Crippen molar-refractivity contribution >= 4 is 11.9 Å². The minimum atomic E-state index is -0.438. The Hall–Kier alpha value is -2.04. The quantitative estimate of drug-likeness (QED) is 0.899. The average molecular weight is 304 g/mol. The monoisotopic (exact) mass is 304 g/mol. The number of hydrogen-bond donors (Lipinski definition) is 2. The third-order valence-electron chi connectivity index (χ3n) is 4.04. The number of urea groups is 1. The number of nitrogens with one attached hydrogen (secondary N) is 2. The summed E-state index contributed by atoms with van der Waals surface area (Å²) in [6.07, 6.45) is 5.47. The van der Waals surface area contributed by atoms with Crippen LogP contribution in [-0.2, 0) is 4.79 Å². The molecule has 0 radical (unpaired) electrons. The molecule has 0 heterocycles. The number of aryl methyl sites for hydroxylation is 2. The van der Waals surface area contributed by atoms with Crippen molar-refractivity contribution in [1.82, 2.24) is 10.6 Å². The first-order valence-corrected chi connectivity index (χ1v) is 7.85. The van der Waals surface area contributed by atoms with Gasteiger partial charge in [0.15, 0.2) is 6.61 Å². The van der Waals surface area contributed by atoms with Crippen LogP contribution in [0.15, 0.2) is 18.2 Å². The first-order chi connectivity index (χ1) is 10.5. The molecule has 5 heteroatoms. The van der Waals surface area contributed by atoms with E-state index < -0.39 is 11.9 Å². The van der Waals surface area contributed by atoms with E-state index in [9.17, 15) is 9.59 Å². The maximum Gasteiger partial charge on any atom is 0.321 e. The van der Waals surface area contributed by atoms with Gasteiger partial charge in [-0.05, 0) is 49.9 Å². The van der Waals surface area contributed by atoms with Crippen molar-refractivity contribution in [3.8, 4) is 5.75 Å². The van der Waals surface area contributed by atoms with E-state index in [1.807, 2.05) is 32.0 Å². The summed E-state index contributed by atoms with van der Waals surface area (Å²) in [6.45, 7) is 3.84. The van der Waals surface area contributed by atoms with Gasteiger partial charge in [0.1, 0.15) is 5.75 Å². The Bertz CT molecular complexity index is 537. The van der Waals surface area contributed by atoms with Crippen LogP contribution in [0.2, 0.25) is 0 Å². The third kappa shape index (κ3) is 5.06. The number of amides is 3. The molecule has 1 aliphatic rings. The summed E-state index contributed by atoms with van der Waals surface area (Å²) < 4.78 is 5.40. The van der Waals surface area contributed by atoms with Crippen LogP contribution in [0.3, 0.4) is 0 Å². The van der Waals surface area contributed by atoms with Crippen LogP contribution >= 0.6 is 0 Å². The smallest absolute Gasteiger partial charge is 0.321 e. The zero-order valence-electron chi connectivity index (χ0n) is 13.3. The lowest BCUT2D eigenvalue weighted by atomic mass is 9.96. The van der Waals surface area contributed by atoms with Crippen molar-refractivity contribution in [3.05, 3.63) is 29.3 Å². The highest BCUT2D eigenvalue weighted by molar-refractivity contribution is 5.95. The van der Waals surface area contributed by atoms with Crippen molar-refractivity contribution in [2.24, 2.45) is 0 Å². The summed E-state index contributed by atoms with van der Waals surface area (Å²) in [5.41, 5.74) is 2.27. The Labute approximate surface area is 131 Å². The molecule has 2 rings (SSSR count). The molecule has 0 bridgehead atoms. The number of rotatable bonds is 4. The third-order valence-corrected chi connectivity index (χ3v) is 4.04. The minimum Gasteiger partial charge on any atom is -0.484 e. The highest BCUT2D eigenvalue weighted by Gasteiger charge is 2.17. The van der Waals surface area contributed by atoms with Gasteiger partial charge in [-0.1, -0.05) is 25.3 Å². The molecular formula is C17H24N2O3. The molecule has 0 aromatic heterocycles. The van der Waals surface area contributed by atoms with Crippen LogP contribution < -0.4 is 15.4 Å². The molecule has 0 saturated heterocycles. The van der Waals surface area contributed by atoms with Crippen LogP contribution in [0.25, 0.3) is 0 Å². The Morgan fingerprint density at radius 1 is 1.14 bits per heavy atom. The summed E-state index contributed by atoms with van der Waals surface area (Å²) in [5, 5.41) is 5.15. The molecule has 1 aromatic rings. The molecular weight excluding hydrogens is 280 g/mol. The molecule has 22 heavy (non-hydrogen) atoms. The van der Waals surface area contributed by atoms with E-state index >= 15 is 0 Å². The Morgan fingerprint density at radius 2 is 1.86 bits per heavy atom. The minimum absolute atomic E-state index is 0.166. The predicted molar refractivity (Wildman–Crippen MR) is 85.0 cm³/mol. The maximum atomic E-state index is 11.7. The molecule has 0 spiro atoms. The molecule has 1 saturated carbocycles. The van der Waals surface area contributed by atoms with Gasteiger partial charge in [-0.2, -0.15) is 0 Å². The van der Waals surface area contributed by atoms with E-state index in [1.165, 1.54) is 12.0 Å². The van der Waals surface area contributed by atoms with Gasteiger partial charge in [-0.3, -0.25) is 10.1 Å². The van der Waals surface area contributed by atoms with Crippen LogP contribution in [0, 0.1) is 13.8 Å². The van der Waals surface area contributed by atoms with E-state index in [-0.39, 0.29) is 12.6 Å². The van der Waals surface area contributed by atoms with Crippen molar-refractivity contribution in [3.63, 3.8) is 0 Å². The second kappa shape index (κ2) is 7.82. The summed E-state index contributed by atoms with van der Waals surface area (Å²) in [6, 6.07) is 5.39. The second-order valence-corrected chi connectivity index (χ2v) is 5.89. The van der Waals surface area contributed by atoms with E-state index in [1.54, 1.807) is 0 Å². The molecule has 5 nitrogen and oxygen atoms in total. The molecule has 1 fully saturated rings. The van der Waals surface area contributed by atoms with E-state index in [0.29, 0.717) is 5.75 Å². The van der Waals surface area contributed by atoms with Crippen LogP contribution in [0.4, 0.5) is 4.79 Å². The number of ether oxygens (including phenoxy) is 1. The Morgan fingerprint density at radius 3 is 2.55 bits per heavy atom. The van der Waals surface area contributed by atoms with Gasteiger partial charge in [0.25, 0.3) is 5.91 Å². The zero-order chi connectivity index (χ0) is 15.9. The molecule has 2 N–H and O–H groups in total. The number of benzene rings is 1. The van der Waals surface area contributed by atoms with Crippen molar-refractivity contribution in [2.45, 2.75) is 52.0 Å². The fourth-order valence-corrected chi connectivity index (χ4v) is 2.58. The van der Waals surface area contributed by atoms with Gasteiger partial charge < -0.3 is 10.1 Å². The molecule has 0 aliphatic heterocycles. The molecule has 1 aromatic carbocycles. The number of carbonyl (C=O) groups excluding carboxylic acids is 2. The van der Waals surface area contributed by atoms with E-state index in [4.69, 9.17) is 4.74 Å². The standard InChI is InChI=1S/C17H24N2O3/c1-12-8-9-15(10-13(12)2)22-11-16(20)19-17(21)18-14-6-4-3-5-7-14/h8-10,14H,3-7,11H2,1-2H3,(H2,18,19,20,21). The Balaban J connectivity index is 1.72. The SMILES string of the molecule is Cc1ccc(OCC(=O)NC(=O)NC2CCCCC2)cc1C. The zero-order valence-corrected chi connectivity index (χ0v) is 13.3. The van der Waals surface area contributed by atoms with E-state index in [2.05, 4.69) is 10.6 Å². The molecule has 0 unspecified atom stereocenters. The Kier molecular flexibility index (Phi) is 5.81. The topological polar surface area (TPSA) is 67.4 Å². The van der Waals surface area contributed by atoms with Gasteiger partial charge in [0.2, 0.25) is 0 Å². The summed E-state index contributed by atoms with van der Waals surface area (Å²) in [7, 11) is 0. The molecule has 120 valence electrons. The van der Waals surface area contributed by atoms with Gasteiger partial charge in [-0.25, -0.2) is 4.79 Å². The van der Waals surface area contributed by atoms with Crippen molar-refractivity contribution < 1.29 is 14.3 Å². The number of imide groups is 1. The van der Waals surface area contributed by atoms with Gasteiger partial charge in [-0.15, -0.1) is 0 Å². The fourth-order valence-electron chi connectivity index (χ4n) is 2.58. The summed E-state index contributed by atoms with van der Waals surface area (Å²) in [5.74, 6) is 0.192. The van der Waals surface area contributed by atoms with Crippen LogP contribution in [0.5, 0.6) is 5.75 Å². The lowest BCUT2D eigenvalue weighted by Crippen LogP contribution is -2.46. The fraction of sp³-hybridized carbons (Fsp3) is 0.529. The maximum absolute atomic E-state index is 11.7. The van der Waals surface area contributed by atoms with E-state index in [0.717, 1.165) is 31.2 Å². The highest BCUT2D eigenvalue weighted by atomic mass is 16.5. The first-order valence-electron chi connectivity index (χ1n) is 7.85. The molecule has 1 aliphatic carbocycles. The van der Waals surface area contributed by atoms with Crippen molar-refractivity contribution in [1.29, 1.82) is 0 Å². The van der Waals surface area contributed by atoms with Crippen molar-refractivity contribution in [2.75, 3.05) is 6.61 Å². The largest absolute Gasteiger partial charge is 0.484 e. The second-order valence-electron chi connectivity index (χ2n) is 5.89. The molecule has 3 amide bonds.